The summed E-state index contributed by atoms with van der Waals surface area (Å²) < 4.78 is 7.09. The lowest BCUT2D eigenvalue weighted by Gasteiger charge is -2.12. The van der Waals surface area contributed by atoms with Crippen LogP contribution in [0.2, 0.25) is 0 Å². The second kappa shape index (κ2) is 9.16. The minimum Gasteiger partial charge on any atom is -0.493 e. The Morgan fingerprint density at radius 2 is 2.17 bits per heavy atom. The minimum absolute atomic E-state index is 0.0813. The molecule has 0 radical (unpaired) electrons. The highest BCUT2D eigenvalue weighted by Gasteiger charge is 2.18. The van der Waals surface area contributed by atoms with Gasteiger partial charge < -0.3 is 4.74 Å². The molecular weight excluding hydrogens is 356 g/mol. The number of unbranched alkanes of at least 4 members (excludes halogenated alkanes) is 2. The van der Waals surface area contributed by atoms with Gasteiger partial charge in [-0.05, 0) is 67.1 Å². The van der Waals surface area contributed by atoms with Gasteiger partial charge in [0.1, 0.15) is 5.75 Å². The molecule has 2 nitrogen and oxygen atoms in total. The molecule has 130 valence electrons. The molecule has 1 unspecified atom stereocenters. The topological polar surface area (TPSA) is 26.3 Å². The molecule has 0 spiro atoms. The Kier molecular flexibility index (Phi) is 6.93. The molecule has 1 aliphatic rings. The summed E-state index contributed by atoms with van der Waals surface area (Å²) in [6, 6.07) is 8.23. The Balaban J connectivity index is 1.72. The molecule has 0 aliphatic carbocycles. The van der Waals surface area contributed by atoms with E-state index < -0.39 is 0 Å². The summed E-state index contributed by atoms with van der Waals surface area (Å²) >= 11 is 5.25. The molecule has 5 heteroatoms. The average molecular weight is 381 g/mol. The van der Waals surface area contributed by atoms with Gasteiger partial charge in [0.05, 0.1) is 6.61 Å². The van der Waals surface area contributed by atoms with Gasteiger partial charge in [-0.3, -0.25) is 4.79 Å². The van der Waals surface area contributed by atoms with Crippen LogP contribution in [-0.4, -0.2) is 30.1 Å². The summed E-state index contributed by atoms with van der Waals surface area (Å²) in [5.41, 5.74) is 1.37. The first-order chi connectivity index (χ1) is 11.8. The third-order valence-electron chi connectivity index (χ3n) is 4.38. The molecule has 0 bridgehead atoms. The number of fused-ring (bicyclic) bond motifs is 1. The molecule has 0 saturated carbocycles. The highest BCUT2D eigenvalue weighted by atomic mass is 32.2. The molecule has 1 aromatic carbocycles. The third-order valence-corrected chi connectivity index (χ3v) is 7.12. The lowest BCUT2D eigenvalue weighted by Crippen LogP contribution is -2.02. The molecule has 1 fully saturated rings. The number of benzene rings is 1. The van der Waals surface area contributed by atoms with Crippen molar-refractivity contribution in [2.45, 2.75) is 31.6 Å². The SMILES string of the molecule is CSCCCCCOc1cc(=O)sc2cc(C3CCSC3)ccc12. The van der Waals surface area contributed by atoms with E-state index in [0.717, 1.165) is 22.3 Å². The maximum atomic E-state index is 12.0. The van der Waals surface area contributed by atoms with Gasteiger partial charge in [0, 0.05) is 21.9 Å². The average Bonchev–Trinajstić information content (AvgIpc) is 3.11. The van der Waals surface area contributed by atoms with Gasteiger partial charge in [0.2, 0.25) is 4.74 Å². The van der Waals surface area contributed by atoms with Crippen molar-refractivity contribution in [2.24, 2.45) is 0 Å². The molecule has 0 N–H and O–H groups in total. The van der Waals surface area contributed by atoms with Gasteiger partial charge in [-0.15, -0.1) is 0 Å². The van der Waals surface area contributed by atoms with Crippen LogP contribution in [0.5, 0.6) is 5.75 Å². The summed E-state index contributed by atoms with van der Waals surface area (Å²) in [6.07, 6.45) is 6.85. The molecule has 1 aliphatic heterocycles. The molecule has 3 rings (SSSR count). The van der Waals surface area contributed by atoms with E-state index in [4.69, 9.17) is 4.74 Å². The largest absolute Gasteiger partial charge is 0.493 e. The van der Waals surface area contributed by atoms with Crippen LogP contribution in [0.4, 0.5) is 0 Å². The van der Waals surface area contributed by atoms with E-state index in [9.17, 15) is 4.79 Å². The Morgan fingerprint density at radius 1 is 1.25 bits per heavy atom. The Bertz CT molecular complexity index is 720. The number of hydrogen-bond acceptors (Lipinski definition) is 5. The number of rotatable bonds is 8. The molecule has 24 heavy (non-hydrogen) atoms. The highest BCUT2D eigenvalue weighted by molar-refractivity contribution is 7.99. The zero-order valence-corrected chi connectivity index (χ0v) is 16.5. The summed E-state index contributed by atoms with van der Waals surface area (Å²) in [4.78, 5) is 12.0. The molecular formula is C19H24O2S3. The molecule has 2 aromatic rings. The lowest BCUT2D eigenvalue weighted by atomic mass is 9.98. The van der Waals surface area contributed by atoms with Crippen LogP contribution in [0.15, 0.2) is 29.1 Å². The smallest absolute Gasteiger partial charge is 0.236 e. The van der Waals surface area contributed by atoms with Crippen molar-refractivity contribution in [3.8, 4) is 5.75 Å². The van der Waals surface area contributed by atoms with Gasteiger partial charge in [0.25, 0.3) is 0 Å². The first-order valence-electron chi connectivity index (χ1n) is 8.55. The van der Waals surface area contributed by atoms with Crippen LogP contribution in [0.3, 0.4) is 0 Å². The van der Waals surface area contributed by atoms with Crippen LogP contribution in [0, 0.1) is 0 Å². The first kappa shape index (κ1) is 18.2. The maximum Gasteiger partial charge on any atom is 0.236 e. The van der Waals surface area contributed by atoms with Crippen molar-refractivity contribution in [1.29, 1.82) is 0 Å². The van der Waals surface area contributed by atoms with Crippen molar-refractivity contribution in [1.82, 2.24) is 0 Å². The van der Waals surface area contributed by atoms with Crippen LogP contribution in [-0.2, 0) is 0 Å². The van der Waals surface area contributed by atoms with E-state index in [1.165, 1.54) is 53.4 Å². The standard InChI is InChI=1S/C19H24O2S3/c1-22-9-4-2-3-8-21-17-12-19(20)24-18-11-14(5-6-16(17)18)15-7-10-23-13-15/h5-6,11-12,15H,2-4,7-10,13H2,1H3. The zero-order valence-electron chi connectivity index (χ0n) is 14.1. The van der Waals surface area contributed by atoms with E-state index >= 15 is 0 Å². The number of thioether (sulfide) groups is 2. The van der Waals surface area contributed by atoms with Crippen LogP contribution in [0.1, 0.15) is 37.2 Å². The van der Waals surface area contributed by atoms with Crippen LogP contribution in [0.25, 0.3) is 10.1 Å². The first-order valence-corrected chi connectivity index (χ1v) is 11.9. The van der Waals surface area contributed by atoms with Gasteiger partial charge in [-0.2, -0.15) is 23.5 Å². The Morgan fingerprint density at radius 3 is 2.96 bits per heavy atom. The normalized spacial score (nSPS) is 17.5. The highest BCUT2D eigenvalue weighted by Crippen LogP contribution is 2.35. The predicted octanol–water partition coefficient (Wildman–Crippen LogP) is 5.39. The summed E-state index contributed by atoms with van der Waals surface area (Å²) in [5.74, 6) is 5.06. The molecule has 1 atom stereocenters. The van der Waals surface area contributed by atoms with E-state index in [1.54, 1.807) is 6.07 Å². The van der Waals surface area contributed by atoms with Gasteiger partial charge in [-0.1, -0.05) is 17.4 Å². The molecule has 2 heterocycles. The second-order valence-electron chi connectivity index (χ2n) is 6.15. The van der Waals surface area contributed by atoms with Crippen LogP contribution >= 0.6 is 34.9 Å². The fourth-order valence-corrected chi connectivity index (χ4v) is 5.64. The fourth-order valence-electron chi connectivity index (χ4n) is 3.03. The second-order valence-corrected chi connectivity index (χ2v) is 9.33. The number of hydrogen-bond donors (Lipinski definition) is 0. The van der Waals surface area contributed by atoms with Crippen molar-refractivity contribution in [3.63, 3.8) is 0 Å². The van der Waals surface area contributed by atoms with Gasteiger partial charge in [-0.25, -0.2) is 0 Å². The maximum absolute atomic E-state index is 12.0. The van der Waals surface area contributed by atoms with Crippen LogP contribution < -0.4 is 9.48 Å². The Labute approximate surface area is 156 Å². The Hall–Kier alpha value is -0.650. The van der Waals surface area contributed by atoms with E-state index in [2.05, 4.69) is 24.5 Å². The third kappa shape index (κ3) is 4.70. The molecule has 0 amide bonds. The minimum atomic E-state index is 0.0813. The quantitative estimate of drug-likeness (QED) is 0.573. The molecule has 1 saturated heterocycles. The van der Waals surface area contributed by atoms with E-state index in [1.807, 2.05) is 23.5 Å². The van der Waals surface area contributed by atoms with Crippen molar-refractivity contribution in [2.75, 3.05) is 30.1 Å². The summed E-state index contributed by atoms with van der Waals surface area (Å²) in [6.45, 7) is 0.693. The van der Waals surface area contributed by atoms with E-state index in [0.29, 0.717) is 12.5 Å². The zero-order chi connectivity index (χ0) is 16.8. The predicted molar refractivity (Wildman–Crippen MR) is 111 cm³/mol. The summed E-state index contributed by atoms with van der Waals surface area (Å²) in [7, 11) is 0. The lowest BCUT2D eigenvalue weighted by molar-refractivity contribution is 0.310. The van der Waals surface area contributed by atoms with Gasteiger partial charge in [0.15, 0.2) is 0 Å². The van der Waals surface area contributed by atoms with Gasteiger partial charge >= 0.3 is 0 Å². The number of ether oxygens (including phenoxy) is 1. The van der Waals surface area contributed by atoms with E-state index in [-0.39, 0.29) is 4.74 Å². The van der Waals surface area contributed by atoms with Crippen molar-refractivity contribution >= 4 is 44.9 Å². The fraction of sp³-hybridized carbons (Fsp3) is 0.526. The monoisotopic (exact) mass is 380 g/mol. The molecule has 1 aromatic heterocycles. The van der Waals surface area contributed by atoms with Crippen molar-refractivity contribution < 1.29 is 4.74 Å². The van der Waals surface area contributed by atoms with Crippen molar-refractivity contribution in [3.05, 3.63) is 39.4 Å². The summed E-state index contributed by atoms with van der Waals surface area (Å²) in [5, 5.41) is 1.08.